The van der Waals surface area contributed by atoms with Crippen molar-refractivity contribution in [1.82, 2.24) is 10.9 Å². The van der Waals surface area contributed by atoms with Crippen LogP contribution in [0.3, 0.4) is 0 Å². The van der Waals surface area contributed by atoms with Gasteiger partial charge < -0.3 is 14.8 Å². The molecular formula is C20H21N3O5. The van der Waals surface area contributed by atoms with Gasteiger partial charge in [-0.3, -0.25) is 25.2 Å². The van der Waals surface area contributed by atoms with Crippen molar-refractivity contribution in [3.63, 3.8) is 0 Å². The average molecular weight is 383 g/mol. The molecule has 1 aliphatic heterocycles. The van der Waals surface area contributed by atoms with E-state index < -0.39 is 23.8 Å². The Morgan fingerprint density at radius 3 is 2.46 bits per heavy atom. The number of anilines is 1. The monoisotopic (exact) mass is 383 g/mol. The van der Waals surface area contributed by atoms with Gasteiger partial charge in [0, 0.05) is 0 Å². The van der Waals surface area contributed by atoms with E-state index in [0.717, 1.165) is 11.1 Å². The maximum Gasteiger partial charge on any atom is 0.276 e. The number of hydrogen-bond donors (Lipinski definition) is 3. The number of aryl methyl sites for hydroxylation is 2. The fourth-order valence-electron chi connectivity index (χ4n) is 2.79. The Hall–Kier alpha value is -3.55. The molecule has 1 heterocycles. The Morgan fingerprint density at radius 2 is 1.71 bits per heavy atom. The van der Waals surface area contributed by atoms with E-state index in [1.54, 1.807) is 24.3 Å². The minimum atomic E-state index is -0.974. The molecule has 0 aliphatic carbocycles. The number of ether oxygens (including phenoxy) is 2. The summed E-state index contributed by atoms with van der Waals surface area (Å²) >= 11 is 0. The third-order valence-electron chi connectivity index (χ3n) is 4.18. The van der Waals surface area contributed by atoms with E-state index in [4.69, 9.17) is 9.47 Å². The van der Waals surface area contributed by atoms with Crippen molar-refractivity contribution in [2.45, 2.75) is 26.4 Å². The van der Waals surface area contributed by atoms with E-state index in [2.05, 4.69) is 16.2 Å². The normalized spacial score (nSPS) is 14.9. The van der Waals surface area contributed by atoms with E-state index in [1.165, 1.54) is 0 Å². The topological polar surface area (TPSA) is 106 Å². The first-order chi connectivity index (χ1) is 13.4. The summed E-state index contributed by atoms with van der Waals surface area (Å²) in [5.41, 5.74) is 6.91. The molecule has 28 heavy (non-hydrogen) atoms. The van der Waals surface area contributed by atoms with Crippen molar-refractivity contribution in [1.29, 1.82) is 0 Å². The molecule has 146 valence electrons. The quantitative estimate of drug-likeness (QED) is 0.681. The van der Waals surface area contributed by atoms with Crippen molar-refractivity contribution in [3.8, 4) is 11.5 Å². The number of rotatable bonds is 5. The minimum Gasteiger partial charge on any atom is -0.483 e. The van der Waals surface area contributed by atoms with Gasteiger partial charge in [-0.1, -0.05) is 30.3 Å². The van der Waals surface area contributed by atoms with E-state index in [1.807, 2.05) is 32.0 Å². The van der Waals surface area contributed by atoms with Gasteiger partial charge in [0.15, 0.2) is 12.7 Å². The van der Waals surface area contributed by atoms with E-state index in [0.29, 0.717) is 17.2 Å². The third-order valence-corrected chi connectivity index (χ3v) is 4.18. The van der Waals surface area contributed by atoms with Gasteiger partial charge in [-0.15, -0.1) is 0 Å². The van der Waals surface area contributed by atoms with E-state index >= 15 is 0 Å². The molecule has 2 aromatic rings. The van der Waals surface area contributed by atoms with Crippen LogP contribution in [0.1, 0.15) is 17.5 Å². The number of amides is 3. The van der Waals surface area contributed by atoms with Crippen LogP contribution in [0.15, 0.2) is 42.5 Å². The Labute approximate surface area is 162 Å². The molecule has 0 radical (unpaired) electrons. The zero-order valence-corrected chi connectivity index (χ0v) is 15.6. The van der Waals surface area contributed by atoms with Crippen LogP contribution < -0.4 is 25.6 Å². The second kappa shape index (κ2) is 8.43. The summed E-state index contributed by atoms with van der Waals surface area (Å²) in [6.45, 7) is 3.52. The summed E-state index contributed by atoms with van der Waals surface area (Å²) in [7, 11) is 0. The molecule has 2 aromatic carbocycles. The number of nitrogens with one attached hydrogen (secondary N) is 3. The number of para-hydroxylation sites is 3. The first kappa shape index (κ1) is 19.2. The van der Waals surface area contributed by atoms with Crippen molar-refractivity contribution in [3.05, 3.63) is 53.6 Å². The van der Waals surface area contributed by atoms with Gasteiger partial charge in [0.2, 0.25) is 5.91 Å². The molecule has 8 nitrogen and oxygen atoms in total. The summed E-state index contributed by atoms with van der Waals surface area (Å²) in [6, 6.07) is 12.6. The van der Waals surface area contributed by atoms with Crippen LogP contribution in [0.25, 0.3) is 0 Å². The molecule has 8 heteroatoms. The lowest BCUT2D eigenvalue weighted by Crippen LogP contribution is -2.47. The number of carbonyl (C=O) groups is 3. The summed E-state index contributed by atoms with van der Waals surface area (Å²) in [4.78, 5) is 36.0. The van der Waals surface area contributed by atoms with Crippen molar-refractivity contribution in [2.24, 2.45) is 0 Å². The Morgan fingerprint density at radius 1 is 1.04 bits per heavy atom. The van der Waals surface area contributed by atoms with Gasteiger partial charge in [0.05, 0.1) is 12.1 Å². The zero-order chi connectivity index (χ0) is 20.1. The number of benzene rings is 2. The Kier molecular flexibility index (Phi) is 5.78. The van der Waals surface area contributed by atoms with Crippen LogP contribution in [0.4, 0.5) is 5.69 Å². The van der Waals surface area contributed by atoms with Gasteiger partial charge in [-0.25, -0.2) is 0 Å². The first-order valence-corrected chi connectivity index (χ1v) is 8.77. The minimum absolute atomic E-state index is 0.238. The standard InChI is InChI=1S/C20H21N3O5/c1-12-6-5-7-13(2)19(12)27-11-18(25)23-22-17(24)10-16-20(26)21-14-8-3-4-9-15(14)28-16/h3-9,16H,10-11H2,1-2H3,(H,21,26)(H,22,24)(H,23,25)/t16-/m0/s1. The molecule has 3 rings (SSSR count). The van der Waals surface area contributed by atoms with Crippen molar-refractivity contribution < 1.29 is 23.9 Å². The number of hydrogen-bond acceptors (Lipinski definition) is 5. The van der Waals surface area contributed by atoms with Gasteiger partial charge in [-0.05, 0) is 37.1 Å². The smallest absolute Gasteiger partial charge is 0.276 e. The van der Waals surface area contributed by atoms with Crippen LogP contribution in [0.2, 0.25) is 0 Å². The number of carbonyl (C=O) groups excluding carboxylic acids is 3. The highest BCUT2D eigenvalue weighted by Gasteiger charge is 2.29. The van der Waals surface area contributed by atoms with E-state index in [-0.39, 0.29) is 13.0 Å². The first-order valence-electron chi connectivity index (χ1n) is 8.77. The number of fused-ring (bicyclic) bond motifs is 1. The molecule has 0 spiro atoms. The zero-order valence-electron chi connectivity index (χ0n) is 15.6. The van der Waals surface area contributed by atoms with Crippen LogP contribution >= 0.6 is 0 Å². The van der Waals surface area contributed by atoms with Crippen molar-refractivity contribution >= 4 is 23.4 Å². The highest BCUT2D eigenvalue weighted by atomic mass is 16.5. The molecule has 0 saturated heterocycles. The van der Waals surface area contributed by atoms with E-state index in [9.17, 15) is 14.4 Å². The molecule has 0 saturated carbocycles. The maximum absolute atomic E-state index is 12.0. The molecule has 1 aliphatic rings. The highest BCUT2D eigenvalue weighted by Crippen LogP contribution is 2.29. The molecule has 0 aromatic heterocycles. The van der Waals surface area contributed by atoms with Gasteiger partial charge in [0.1, 0.15) is 11.5 Å². The molecule has 1 atom stereocenters. The van der Waals surface area contributed by atoms with Gasteiger partial charge in [-0.2, -0.15) is 0 Å². The predicted octanol–water partition coefficient (Wildman–Crippen LogP) is 1.62. The maximum atomic E-state index is 12.0. The lowest BCUT2D eigenvalue weighted by Gasteiger charge is -2.25. The predicted molar refractivity (Wildman–Crippen MR) is 102 cm³/mol. The Balaban J connectivity index is 1.45. The summed E-state index contributed by atoms with van der Waals surface area (Å²) < 4.78 is 11.1. The lowest BCUT2D eigenvalue weighted by molar-refractivity contribution is -0.133. The van der Waals surface area contributed by atoms with Crippen molar-refractivity contribution in [2.75, 3.05) is 11.9 Å². The fourth-order valence-corrected chi connectivity index (χ4v) is 2.79. The van der Waals surface area contributed by atoms with Gasteiger partial charge in [0.25, 0.3) is 11.8 Å². The molecule has 3 N–H and O–H groups in total. The average Bonchev–Trinajstić information content (AvgIpc) is 2.66. The third kappa shape index (κ3) is 4.59. The Bertz CT molecular complexity index is 892. The SMILES string of the molecule is Cc1cccc(C)c1OCC(=O)NNC(=O)C[C@@H]1Oc2ccccc2NC1=O. The summed E-state index contributed by atoms with van der Waals surface area (Å²) in [5, 5.41) is 2.68. The number of hydrazine groups is 1. The molecule has 0 fully saturated rings. The fraction of sp³-hybridized carbons (Fsp3) is 0.250. The van der Waals surface area contributed by atoms with Crippen LogP contribution in [0.5, 0.6) is 11.5 Å². The summed E-state index contributed by atoms with van der Waals surface area (Å²) in [6.07, 6.45) is -1.21. The molecular weight excluding hydrogens is 362 g/mol. The lowest BCUT2D eigenvalue weighted by atomic mass is 10.1. The van der Waals surface area contributed by atoms with Crippen LogP contribution in [0, 0.1) is 13.8 Å². The largest absolute Gasteiger partial charge is 0.483 e. The second-order valence-corrected chi connectivity index (χ2v) is 6.40. The molecule has 3 amide bonds. The highest BCUT2D eigenvalue weighted by molar-refractivity contribution is 6.00. The molecule has 0 bridgehead atoms. The van der Waals surface area contributed by atoms with Crippen LogP contribution in [-0.4, -0.2) is 30.4 Å². The summed E-state index contributed by atoms with van der Waals surface area (Å²) in [5.74, 6) is -0.366. The van der Waals surface area contributed by atoms with Gasteiger partial charge >= 0.3 is 0 Å². The van der Waals surface area contributed by atoms with Crippen LogP contribution in [-0.2, 0) is 14.4 Å². The second-order valence-electron chi connectivity index (χ2n) is 6.40. The molecule has 0 unspecified atom stereocenters.